The minimum Gasteiger partial charge on any atom is -0.506 e. The molecular formula is C14H21N3O2. The zero-order valence-corrected chi connectivity index (χ0v) is 11.2. The molecule has 2 rings (SSSR count). The highest BCUT2D eigenvalue weighted by molar-refractivity contribution is 5.88. The molecule has 1 saturated carbocycles. The molecule has 0 saturated heterocycles. The summed E-state index contributed by atoms with van der Waals surface area (Å²) in [5.74, 6) is 1.35. The highest BCUT2D eigenvalue weighted by Crippen LogP contribution is 2.26. The second kappa shape index (κ2) is 6.41. The maximum absolute atomic E-state index is 11.8. The number of nitrogens with zero attached hydrogens (tertiary/aromatic N) is 1. The third-order valence-electron chi connectivity index (χ3n) is 3.75. The van der Waals surface area contributed by atoms with Gasteiger partial charge in [0.1, 0.15) is 11.6 Å². The molecule has 0 aliphatic heterocycles. The van der Waals surface area contributed by atoms with Gasteiger partial charge < -0.3 is 10.4 Å². The van der Waals surface area contributed by atoms with Crippen LogP contribution in [0.15, 0.2) is 18.3 Å². The number of aromatic nitrogens is 1. The summed E-state index contributed by atoms with van der Waals surface area (Å²) in [6, 6.07) is 3.11. The second-order valence-electron chi connectivity index (χ2n) is 5.13. The summed E-state index contributed by atoms with van der Waals surface area (Å²) >= 11 is 0. The summed E-state index contributed by atoms with van der Waals surface area (Å²) in [5.41, 5.74) is 0. The number of hydrogen-bond donors (Lipinski definition) is 3. The van der Waals surface area contributed by atoms with Gasteiger partial charge in [0.2, 0.25) is 0 Å². The van der Waals surface area contributed by atoms with Crippen LogP contribution in [0, 0.1) is 5.92 Å². The van der Waals surface area contributed by atoms with Crippen LogP contribution in [0.1, 0.15) is 39.0 Å². The Labute approximate surface area is 113 Å². The average Bonchev–Trinajstić information content (AvgIpc) is 2.42. The van der Waals surface area contributed by atoms with Crippen molar-refractivity contribution in [2.24, 2.45) is 5.92 Å². The van der Waals surface area contributed by atoms with E-state index in [9.17, 15) is 4.79 Å². The predicted octanol–water partition coefficient (Wildman–Crippen LogP) is 2.88. The average molecular weight is 263 g/mol. The molecule has 19 heavy (non-hydrogen) atoms. The highest BCUT2D eigenvalue weighted by Gasteiger charge is 2.21. The minimum atomic E-state index is -0.224. The number of carbonyl (C=O) groups is 1. The first-order valence-corrected chi connectivity index (χ1v) is 6.90. The monoisotopic (exact) mass is 263 g/mol. The van der Waals surface area contributed by atoms with E-state index in [0.29, 0.717) is 5.82 Å². The summed E-state index contributed by atoms with van der Waals surface area (Å²) < 4.78 is 0. The van der Waals surface area contributed by atoms with E-state index in [1.165, 1.54) is 31.5 Å². The number of nitrogens with one attached hydrogen (secondary N) is 2. The molecule has 1 aromatic rings. The summed E-state index contributed by atoms with van der Waals surface area (Å²) in [4.78, 5) is 15.7. The molecule has 5 heteroatoms. The lowest BCUT2D eigenvalue weighted by molar-refractivity contribution is 0.237. The molecule has 1 fully saturated rings. The van der Waals surface area contributed by atoms with E-state index in [1.54, 1.807) is 6.07 Å². The van der Waals surface area contributed by atoms with Crippen LogP contribution < -0.4 is 10.6 Å². The maximum atomic E-state index is 11.8. The van der Waals surface area contributed by atoms with Gasteiger partial charge in [0, 0.05) is 6.04 Å². The molecule has 2 amide bonds. The quantitative estimate of drug-likeness (QED) is 0.785. The Hall–Kier alpha value is -1.78. The van der Waals surface area contributed by atoms with Crippen LogP contribution in [0.25, 0.3) is 0 Å². The molecule has 0 atom stereocenters. The van der Waals surface area contributed by atoms with Crippen LogP contribution >= 0.6 is 0 Å². The maximum Gasteiger partial charge on any atom is 0.320 e. The Morgan fingerprint density at radius 2 is 2.11 bits per heavy atom. The van der Waals surface area contributed by atoms with Gasteiger partial charge in [-0.05, 0) is 43.7 Å². The van der Waals surface area contributed by atoms with Gasteiger partial charge in [-0.1, -0.05) is 13.3 Å². The van der Waals surface area contributed by atoms with Crippen molar-refractivity contribution in [2.45, 2.75) is 45.1 Å². The van der Waals surface area contributed by atoms with Crippen LogP contribution in [0.5, 0.6) is 5.75 Å². The molecule has 0 radical (unpaired) electrons. The zero-order chi connectivity index (χ0) is 13.7. The molecule has 0 bridgehead atoms. The summed E-state index contributed by atoms with van der Waals surface area (Å²) in [5, 5.41) is 14.8. The van der Waals surface area contributed by atoms with Gasteiger partial charge in [-0.25, -0.2) is 9.78 Å². The van der Waals surface area contributed by atoms with Crippen LogP contribution in [0.4, 0.5) is 10.6 Å². The fourth-order valence-corrected chi connectivity index (χ4v) is 2.51. The Kier molecular flexibility index (Phi) is 4.60. The smallest absolute Gasteiger partial charge is 0.320 e. The van der Waals surface area contributed by atoms with Crippen LogP contribution in [0.3, 0.4) is 0 Å². The van der Waals surface area contributed by atoms with Crippen LogP contribution in [-0.2, 0) is 0 Å². The molecular weight excluding hydrogens is 242 g/mol. The van der Waals surface area contributed by atoms with Crippen LogP contribution in [0.2, 0.25) is 0 Å². The number of carbonyl (C=O) groups excluding carboxylic acids is 1. The number of rotatable bonds is 3. The van der Waals surface area contributed by atoms with E-state index in [0.717, 1.165) is 18.8 Å². The van der Waals surface area contributed by atoms with E-state index in [1.807, 2.05) is 0 Å². The zero-order valence-electron chi connectivity index (χ0n) is 11.2. The van der Waals surface area contributed by atoms with E-state index in [2.05, 4.69) is 22.5 Å². The number of amides is 2. The van der Waals surface area contributed by atoms with Crippen molar-refractivity contribution in [3.05, 3.63) is 18.3 Å². The van der Waals surface area contributed by atoms with Gasteiger partial charge >= 0.3 is 6.03 Å². The third kappa shape index (κ3) is 4.12. The van der Waals surface area contributed by atoms with Crippen molar-refractivity contribution >= 4 is 11.8 Å². The third-order valence-corrected chi connectivity index (χ3v) is 3.75. The van der Waals surface area contributed by atoms with Crippen LogP contribution in [-0.4, -0.2) is 22.2 Å². The molecule has 1 aliphatic carbocycles. The van der Waals surface area contributed by atoms with E-state index >= 15 is 0 Å². The highest BCUT2D eigenvalue weighted by atomic mass is 16.3. The van der Waals surface area contributed by atoms with Gasteiger partial charge in [0.15, 0.2) is 0 Å². The van der Waals surface area contributed by atoms with Gasteiger partial charge in [-0.2, -0.15) is 0 Å². The van der Waals surface area contributed by atoms with Crippen molar-refractivity contribution in [3.8, 4) is 5.75 Å². The van der Waals surface area contributed by atoms with E-state index < -0.39 is 0 Å². The van der Waals surface area contributed by atoms with Crippen molar-refractivity contribution < 1.29 is 9.90 Å². The fourth-order valence-electron chi connectivity index (χ4n) is 2.51. The first-order valence-electron chi connectivity index (χ1n) is 6.90. The molecule has 104 valence electrons. The fraction of sp³-hybridized carbons (Fsp3) is 0.571. The number of urea groups is 1. The molecule has 1 aliphatic rings. The number of pyridine rings is 1. The number of hydrogen-bond acceptors (Lipinski definition) is 3. The normalized spacial score (nSPS) is 22.8. The predicted molar refractivity (Wildman–Crippen MR) is 74.1 cm³/mol. The number of aromatic hydroxyl groups is 1. The van der Waals surface area contributed by atoms with Gasteiger partial charge in [-0.15, -0.1) is 0 Å². The molecule has 5 nitrogen and oxygen atoms in total. The molecule has 0 unspecified atom stereocenters. The van der Waals surface area contributed by atoms with Crippen molar-refractivity contribution in [1.82, 2.24) is 10.3 Å². The SMILES string of the molecule is CCC1CCC(NC(=O)Nc2ccc(O)cn2)CC1. The summed E-state index contributed by atoms with van der Waals surface area (Å²) in [7, 11) is 0. The van der Waals surface area contributed by atoms with Gasteiger partial charge in [-0.3, -0.25) is 5.32 Å². The lowest BCUT2D eigenvalue weighted by Crippen LogP contribution is -2.40. The first-order chi connectivity index (χ1) is 9.17. The molecule has 0 aromatic carbocycles. The lowest BCUT2D eigenvalue weighted by atomic mass is 9.85. The molecule has 1 heterocycles. The van der Waals surface area contributed by atoms with E-state index in [-0.39, 0.29) is 17.8 Å². The molecule has 1 aromatic heterocycles. The Balaban J connectivity index is 1.77. The van der Waals surface area contributed by atoms with Crippen molar-refractivity contribution in [3.63, 3.8) is 0 Å². The van der Waals surface area contributed by atoms with E-state index in [4.69, 9.17) is 5.11 Å². The lowest BCUT2D eigenvalue weighted by Gasteiger charge is -2.28. The molecule has 0 spiro atoms. The minimum absolute atomic E-state index is 0.0869. The Morgan fingerprint density at radius 3 is 2.68 bits per heavy atom. The topological polar surface area (TPSA) is 74.2 Å². The first kappa shape index (κ1) is 13.6. The summed E-state index contributed by atoms with van der Waals surface area (Å²) in [6.07, 6.45) is 7.03. The Bertz CT molecular complexity index is 411. The standard InChI is InChI=1S/C14H21N3O2/c1-2-10-3-5-11(6-4-10)16-14(19)17-13-8-7-12(18)9-15-13/h7-11,18H,2-6H2,1H3,(H2,15,16,17,19). The van der Waals surface area contributed by atoms with Gasteiger partial charge in [0.05, 0.1) is 6.20 Å². The second-order valence-corrected chi connectivity index (χ2v) is 5.13. The number of anilines is 1. The largest absolute Gasteiger partial charge is 0.506 e. The Morgan fingerprint density at radius 1 is 1.37 bits per heavy atom. The van der Waals surface area contributed by atoms with Gasteiger partial charge in [0.25, 0.3) is 0 Å². The summed E-state index contributed by atoms with van der Waals surface area (Å²) in [6.45, 7) is 2.22. The van der Waals surface area contributed by atoms with Crippen molar-refractivity contribution in [1.29, 1.82) is 0 Å². The molecule has 3 N–H and O–H groups in total. The van der Waals surface area contributed by atoms with Crippen molar-refractivity contribution in [2.75, 3.05) is 5.32 Å².